The summed E-state index contributed by atoms with van der Waals surface area (Å²) in [4.78, 5) is 0. The van der Waals surface area contributed by atoms with E-state index in [-0.39, 0.29) is 0 Å². The summed E-state index contributed by atoms with van der Waals surface area (Å²) in [6, 6.07) is 6.57. The molecule has 2 aliphatic rings. The highest BCUT2D eigenvalue weighted by Crippen LogP contribution is 2.44. The molecule has 1 aromatic heterocycles. The van der Waals surface area contributed by atoms with Crippen LogP contribution in [0, 0.1) is 26.6 Å². The van der Waals surface area contributed by atoms with Gasteiger partial charge in [-0.3, -0.25) is 0 Å². The molecule has 4 rings (SSSR count). The minimum absolute atomic E-state index is 0.362. The van der Waals surface area contributed by atoms with Crippen molar-refractivity contribution in [1.29, 1.82) is 0 Å². The topological polar surface area (TPSA) is 7.94 Å². The van der Waals surface area contributed by atoms with Crippen LogP contribution in [0.15, 0.2) is 41.6 Å². The van der Waals surface area contributed by atoms with Gasteiger partial charge in [-0.15, -0.1) is 0 Å². The van der Waals surface area contributed by atoms with Gasteiger partial charge in [-0.2, -0.15) is 0 Å². The molecule has 2 aliphatic heterocycles. The van der Waals surface area contributed by atoms with E-state index >= 15 is 8.63 Å². The summed E-state index contributed by atoms with van der Waals surface area (Å²) in [7, 11) is 0. The third kappa shape index (κ3) is 2.04. The molecule has 0 radical (unpaired) electrons. The number of fused-ring (bicyclic) bond motifs is 2. The van der Waals surface area contributed by atoms with E-state index in [0.29, 0.717) is 33.9 Å². The van der Waals surface area contributed by atoms with Crippen LogP contribution in [0.2, 0.25) is 0 Å². The van der Waals surface area contributed by atoms with Gasteiger partial charge in [0.1, 0.15) is 11.5 Å². The number of hydrogen-bond donors (Lipinski definition) is 0. The lowest BCUT2D eigenvalue weighted by molar-refractivity contribution is -0.363. The Bertz CT molecular complexity index is 1070. The molecule has 3 heterocycles. The average molecular weight is 356 g/mol. The van der Waals surface area contributed by atoms with Crippen molar-refractivity contribution in [3.8, 4) is 0 Å². The van der Waals surface area contributed by atoms with Gasteiger partial charge in [-0.05, 0) is 57.2 Å². The van der Waals surface area contributed by atoms with Crippen LogP contribution in [0.25, 0.3) is 5.57 Å². The minimum Gasteiger partial charge on any atom is -0.393 e. The van der Waals surface area contributed by atoms with Crippen molar-refractivity contribution in [1.82, 2.24) is 4.48 Å². The summed E-state index contributed by atoms with van der Waals surface area (Å²) < 4.78 is 47.9. The first-order valence-electron chi connectivity index (χ1n) is 8.68. The Morgan fingerprint density at radius 3 is 2.38 bits per heavy atom. The number of hydrogen-bond acceptors (Lipinski definition) is 0. The van der Waals surface area contributed by atoms with Gasteiger partial charge in [0.05, 0.1) is 5.57 Å². The number of aryl methyl sites for hydroxylation is 3. The molecule has 0 amide bonds. The van der Waals surface area contributed by atoms with E-state index < -0.39 is 12.8 Å². The zero-order valence-electron chi connectivity index (χ0n) is 15.5. The molecule has 2 nitrogen and oxygen atoms in total. The highest BCUT2D eigenvalue weighted by molar-refractivity contribution is 6.58. The maximum Gasteiger partial charge on any atom is 0.737 e. The number of allylic oxidation sites excluding steroid dienone is 2. The Hall–Kier alpha value is -2.50. The standard InChI is InChI=1S/C20H20BF3N2/c1-11-6-7-17(22)16(8-11)18-19-12(2)9-14(4)25(19)21(23,24)26-15(5)10-13(3)20(18)26/h6-10H,1-5H3. The molecule has 0 saturated heterocycles. The van der Waals surface area contributed by atoms with Crippen LogP contribution in [0.4, 0.5) is 13.0 Å². The third-order valence-electron chi connectivity index (χ3n) is 5.33. The summed E-state index contributed by atoms with van der Waals surface area (Å²) in [6.45, 7) is 4.80. The van der Waals surface area contributed by atoms with Gasteiger partial charge in [-0.25, -0.2) is 4.39 Å². The van der Waals surface area contributed by atoms with Gasteiger partial charge >= 0.3 is 6.97 Å². The fourth-order valence-corrected chi connectivity index (χ4v) is 4.38. The number of halogens is 3. The fraction of sp³-hybridized carbons (Fsp3) is 0.250. The number of nitrogens with zero attached hydrogens (tertiary/aromatic N) is 2. The maximum absolute atomic E-state index is 15.5. The van der Waals surface area contributed by atoms with E-state index in [2.05, 4.69) is 0 Å². The molecule has 0 atom stereocenters. The number of rotatable bonds is 1. The molecule has 0 N–H and O–H groups in total. The lowest BCUT2D eigenvalue weighted by Crippen LogP contribution is -2.51. The molecule has 0 saturated carbocycles. The van der Waals surface area contributed by atoms with Crippen molar-refractivity contribution in [2.45, 2.75) is 34.6 Å². The second kappa shape index (κ2) is 5.25. The number of benzene rings is 1. The van der Waals surface area contributed by atoms with Crippen molar-refractivity contribution in [2.24, 2.45) is 0 Å². The van der Waals surface area contributed by atoms with E-state index in [1.54, 1.807) is 52.0 Å². The monoisotopic (exact) mass is 356 g/mol. The maximum atomic E-state index is 15.5. The van der Waals surface area contributed by atoms with Crippen LogP contribution in [-0.4, -0.2) is 21.6 Å². The van der Waals surface area contributed by atoms with Gasteiger partial charge in [0.25, 0.3) is 0 Å². The van der Waals surface area contributed by atoms with Gasteiger partial charge in [-0.1, -0.05) is 11.6 Å². The molecule has 0 fully saturated rings. The van der Waals surface area contributed by atoms with Gasteiger partial charge < -0.3 is 17.6 Å². The average Bonchev–Trinajstić information content (AvgIpc) is 3.00. The second-order valence-corrected chi connectivity index (χ2v) is 7.32. The molecule has 2 aromatic rings. The van der Waals surface area contributed by atoms with Crippen molar-refractivity contribution < 1.29 is 17.5 Å². The molecular weight excluding hydrogens is 336 g/mol. The van der Waals surface area contributed by atoms with Crippen molar-refractivity contribution in [3.63, 3.8) is 0 Å². The third-order valence-corrected chi connectivity index (χ3v) is 5.33. The van der Waals surface area contributed by atoms with Gasteiger partial charge in [0.15, 0.2) is 5.70 Å². The van der Waals surface area contributed by atoms with E-state index in [0.717, 1.165) is 25.7 Å². The summed E-state index contributed by atoms with van der Waals surface area (Å²) in [5.41, 5.74) is 5.01. The minimum atomic E-state index is -4.03. The quantitative estimate of drug-likeness (QED) is 0.637. The normalized spacial score (nSPS) is 18.2. The van der Waals surface area contributed by atoms with Crippen LogP contribution >= 0.6 is 0 Å². The molecule has 6 heteroatoms. The summed E-state index contributed by atoms with van der Waals surface area (Å²) >= 11 is 0. The van der Waals surface area contributed by atoms with E-state index in [1.807, 2.05) is 6.92 Å². The number of aromatic nitrogens is 1. The van der Waals surface area contributed by atoms with Crippen LogP contribution in [0.5, 0.6) is 0 Å². The Balaban J connectivity index is 2.22. The van der Waals surface area contributed by atoms with Crippen molar-refractivity contribution in [2.75, 3.05) is 0 Å². The Morgan fingerprint density at radius 1 is 1.00 bits per heavy atom. The van der Waals surface area contributed by atoms with Gasteiger partial charge in [0.2, 0.25) is 0 Å². The summed E-state index contributed by atoms with van der Waals surface area (Å²) in [6.07, 6.45) is 1.75. The second-order valence-electron chi connectivity index (χ2n) is 7.32. The van der Waals surface area contributed by atoms with Crippen molar-refractivity contribution in [3.05, 3.63) is 75.5 Å². The first-order valence-corrected chi connectivity index (χ1v) is 8.68. The predicted octanol–water partition coefficient (Wildman–Crippen LogP) is 4.98. The van der Waals surface area contributed by atoms with E-state index in [1.165, 1.54) is 6.07 Å². The molecular formula is C20H20BF3N2. The lowest BCUT2D eigenvalue weighted by Gasteiger charge is -2.34. The van der Waals surface area contributed by atoms with Crippen LogP contribution in [0.3, 0.4) is 0 Å². The zero-order chi connectivity index (χ0) is 19.0. The SMILES string of the molecule is CC1=CC(C)=[N+]2C1=C(c1cc(C)ccc1F)c1c(C)cc(C)n1[B-]2(F)F. The Kier molecular flexibility index (Phi) is 3.42. The first-order chi connectivity index (χ1) is 12.1. The molecule has 0 bridgehead atoms. The highest BCUT2D eigenvalue weighted by Gasteiger charge is 2.55. The fourth-order valence-electron chi connectivity index (χ4n) is 4.38. The molecule has 0 unspecified atom stereocenters. The van der Waals surface area contributed by atoms with E-state index in [4.69, 9.17) is 0 Å². The molecule has 134 valence electrons. The van der Waals surface area contributed by atoms with Crippen LogP contribution in [-0.2, 0) is 0 Å². The smallest absolute Gasteiger partial charge is 0.393 e. The molecule has 0 aliphatic carbocycles. The van der Waals surface area contributed by atoms with E-state index in [9.17, 15) is 4.39 Å². The molecule has 26 heavy (non-hydrogen) atoms. The van der Waals surface area contributed by atoms with Crippen molar-refractivity contribution >= 4 is 18.3 Å². The summed E-state index contributed by atoms with van der Waals surface area (Å²) in [5, 5.41) is 0. The molecule has 0 spiro atoms. The van der Waals surface area contributed by atoms with Crippen LogP contribution in [0.1, 0.15) is 41.9 Å². The lowest BCUT2D eigenvalue weighted by atomic mass is 9.83. The van der Waals surface area contributed by atoms with Crippen LogP contribution < -0.4 is 0 Å². The highest BCUT2D eigenvalue weighted by atomic mass is 19.2. The largest absolute Gasteiger partial charge is 0.737 e. The zero-order valence-corrected chi connectivity index (χ0v) is 15.5. The predicted molar refractivity (Wildman–Crippen MR) is 99.1 cm³/mol. The Morgan fingerprint density at radius 2 is 1.69 bits per heavy atom. The molecule has 1 aromatic carbocycles. The van der Waals surface area contributed by atoms with Gasteiger partial charge in [0, 0.05) is 29.8 Å². The first kappa shape index (κ1) is 16.9. The Labute approximate surface area is 151 Å². The summed E-state index contributed by atoms with van der Waals surface area (Å²) in [5.74, 6) is -0.405.